The van der Waals surface area contributed by atoms with Crippen LogP contribution in [0.5, 0.6) is 0 Å². The van der Waals surface area contributed by atoms with E-state index in [1.807, 2.05) is 36.4 Å². The zero-order valence-corrected chi connectivity index (χ0v) is 15.4. The summed E-state index contributed by atoms with van der Waals surface area (Å²) < 4.78 is 1.87. The van der Waals surface area contributed by atoms with E-state index < -0.39 is 0 Å². The Morgan fingerprint density at radius 3 is 2.57 bits per heavy atom. The van der Waals surface area contributed by atoms with E-state index in [9.17, 15) is 0 Å². The Morgan fingerprint density at radius 2 is 1.86 bits per heavy atom. The molecule has 0 spiro atoms. The summed E-state index contributed by atoms with van der Waals surface area (Å²) >= 11 is 6.88. The maximum absolute atomic E-state index is 8.00. The lowest BCUT2D eigenvalue weighted by atomic mass is 10.1. The molecule has 21 heavy (non-hydrogen) atoms. The standard InChI is InChI=1S/C15H15Br2N3.ClH/c1-2-10-4-3-5-12(8-10)19-15(18)20-14-9-11(16)6-7-13(14)17;/h3-9H,2H2,1H3,(H3,18,19,20);1H. The maximum atomic E-state index is 8.00. The van der Waals surface area contributed by atoms with Gasteiger partial charge in [-0.25, -0.2) is 0 Å². The molecule has 0 atom stereocenters. The highest BCUT2D eigenvalue weighted by Gasteiger charge is 2.04. The van der Waals surface area contributed by atoms with Crippen molar-refractivity contribution < 1.29 is 0 Å². The minimum atomic E-state index is 0. The average Bonchev–Trinajstić information content (AvgIpc) is 2.43. The van der Waals surface area contributed by atoms with Gasteiger partial charge in [-0.2, -0.15) is 0 Å². The van der Waals surface area contributed by atoms with Crippen molar-refractivity contribution in [1.82, 2.24) is 0 Å². The fourth-order valence-corrected chi connectivity index (χ4v) is 2.48. The molecule has 3 N–H and O–H groups in total. The molecule has 0 aliphatic rings. The van der Waals surface area contributed by atoms with Gasteiger partial charge in [0.15, 0.2) is 5.96 Å². The monoisotopic (exact) mass is 431 g/mol. The van der Waals surface area contributed by atoms with Gasteiger partial charge in [-0.05, 0) is 58.2 Å². The van der Waals surface area contributed by atoms with Crippen LogP contribution in [0, 0.1) is 5.41 Å². The first kappa shape index (κ1) is 18.0. The minimum absolute atomic E-state index is 0. The largest absolute Gasteiger partial charge is 0.326 e. The second-order valence-corrected chi connectivity index (χ2v) is 6.07. The van der Waals surface area contributed by atoms with Crippen LogP contribution in [0.2, 0.25) is 0 Å². The fourth-order valence-electron chi connectivity index (χ4n) is 1.77. The van der Waals surface area contributed by atoms with Crippen LogP contribution in [0.4, 0.5) is 11.4 Å². The van der Waals surface area contributed by atoms with Crippen molar-refractivity contribution in [3.63, 3.8) is 0 Å². The van der Waals surface area contributed by atoms with E-state index in [2.05, 4.69) is 55.5 Å². The highest BCUT2D eigenvalue weighted by Crippen LogP contribution is 2.26. The molecule has 2 aromatic carbocycles. The molecule has 0 aromatic heterocycles. The molecule has 2 aromatic rings. The molecule has 6 heteroatoms. The number of rotatable bonds is 3. The van der Waals surface area contributed by atoms with Gasteiger partial charge in [0.25, 0.3) is 0 Å². The summed E-state index contributed by atoms with van der Waals surface area (Å²) in [6, 6.07) is 13.9. The van der Waals surface area contributed by atoms with Crippen LogP contribution < -0.4 is 10.6 Å². The van der Waals surface area contributed by atoms with Gasteiger partial charge in [0.2, 0.25) is 0 Å². The molecule has 0 radical (unpaired) electrons. The Bertz CT molecular complexity index is 632. The van der Waals surface area contributed by atoms with Crippen molar-refractivity contribution in [2.45, 2.75) is 13.3 Å². The first-order valence-corrected chi connectivity index (χ1v) is 7.83. The van der Waals surface area contributed by atoms with Crippen molar-refractivity contribution in [3.05, 3.63) is 57.0 Å². The lowest BCUT2D eigenvalue weighted by molar-refractivity contribution is 1.14. The summed E-state index contributed by atoms with van der Waals surface area (Å²) in [5, 5.41) is 14.1. The molecule has 0 unspecified atom stereocenters. The van der Waals surface area contributed by atoms with E-state index in [-0.39, 0.29) is 18.4 Å². The van der Waals surface area contributed by atoms with Gasteiger partial charge in [0.1, 0.15) is 0 Å². The molecule has 0 aliphatic carbocycles. The second kappa shape index (κ2) is 8.41. The first-order chi connectivity index (χ1) is 9.58. The SMILES string of the molecule is CCc1cccc(NC(=N)Nc2cc(Br)ccc2Br)c1.Cl. The molecule has 0 amide bonds. The van der Waals surface area contributed by atoms with E-state index in [4.69, 9.17) is 5.41 Å². The number of anilines is 2. The van der Waals surface area contributed by atoms with Gasteiger partial charge in [0.05, 0.1) is 5.69 Å². The van der Waals surface area contributed by atoms with Crippen LogP contribution >= 0.6 is 44.3 Å². The summed E-state index contributed by atoms with van der Waals surface area (Å²) in [5.41, 5.74) is 2.99. The van der Waals surface area contributed by atoms with Gasteiger partial charge in [-0.15, -0.1) is 12.4 Å². The van der Waals surface area contributed by atoms with Crippen LogP contribution in [0.3, 0.4) is 0 Å². The topological polar surface area (TPSA) is 47.9 Å². The normalized spacial score (nSPS) is 9.67. The Balaban J connectivity index is 0.00000220. The highest BCUT2D eigenvalue weighted by molar-refractivity contribution is 9.11. The molecular weight excluding hydrogens is 417 g/mol. The maximum Gasteiger partial charge on any atom is 0.197 e. The molecule has 0 fully saturated rings. The Hall–Kier alpha value is -1.04. The molecule has 0 bridgehead atoms. The van der Waals surface area contributed by atoms with Gasteiger partial charge in [0, 0.05) is 14.6 Å². The Kier molecular flexibility index (Phi) is 7.22. The predicted octanol–water partition coefficient (Wildman–Crippen LogP) is 5.65. The van der Waals surface area contributed by atoms with Crippen LogP contribution in [-0.4, -0.2) is 5.96 Å². The molecular formula is C15H16Br2ClN3. The summed E-state index contributed by atoms with van der Waals surface area (Å²) in [7, 11) is 0. The van der Waals surface area contributed by atoms with Crippen molar-refractivity contribution in [3.8, 4) is 0 Å². The number of aryl methyl sites for hydroxylation is 1. The number of halogens is 3. The first-order valence-electron chi connectivity index (χ1n) is 6.25. The molecule has 0 heterocycles. The fraction of sp³-hybridized carbons (Fsp3) is 0.133. The van der Waals surface area contributed by atoms with Crippen LogP contribution in [0.1, 0.15) is 12.5 Å². The third-order valence-electron chi connectivity index (χ3n) is 2.79. The molecule has 2 rings (SSSR count). The lowest BCUT2D eigenvalue weighted by Crippen LogP contribution is -2.20. The smallest absolute Gasteiger partial charge is 0.197 e. The highest BCUT2D eigenvalue weighted by atomic mass is 79.9. The average molecular weight is 434 g/mol. The Morgan fingerprint density at radius 1 is 1.10 bits per heavy atom. The summed E-state index contributed by atoms with van der Waals surface area (Å²) in [5.74, 6) is 0.233. The summed E-state index contributed by atoms with van der Waals surface area (Å²) in [6.07, 6.45) is 0.980. The third-order valence-corrected chi connectivity index (χ3v) is 3.98. The minimum Gasteiger partial charge on any atom is -0.326 e. The summed E-state index contributed by atoms with van der Waals surface area (Å²) in [6.45, 7) is 2.11. The van der Waals surface area contributed by atoms with Crippen LogP contribution in [0.25, 0.3) is 0 Å². The summed E-state index contributed by atoms with van der Waals surface area (Å²) in [4.78, 5) is 0. The Labute approximate surface area is 147 Å². The third kappa shape index (κ3) is 5.34. The van der Waals surface area contributed by atoms with Gasteiger partial charge in [-0.1, -0.05) is 35.0 Å². The number of benzene rings is 2. The van der Waals surface area contributed by atoms with E-state index in [0.29, 0.717) is 0 Å². The number of hydrogen-bond acceptors (Lipinski definition) is 1. The number of guanidine groups is 1. The molecule has 3 nitrogen and oxygen atoms in total. The van der Waals surface area contributed by atoms with E-state index in [1.54, 1.807) is 0 Å². The molecule has 112 valence electrons. The van der Waals surface area contributed by atoms with Crippen molar-refractivity contribution in [1.29, 1.82) is 5.41 Å². The predicted molar refractivity (Wildman–Crippen MR) is 99.9 cm³/mol. The lowest BCUT2D eigenvalue weighted by Gasteiger charge is -2.12. The molecule has 0 saturated heterocycles. The number of hydrogen-bond donors (Lipinski definition) is 3. The van der Waals surface area contributed by atoms with E-state index in [1.165, 1.54) is 5.56 Å². The zero-order valence-electron chi connectivity index (χ0n) is 11.4. The zero-order chi connectivity index (χ0) is 14.5. The van der Waals surface area contributed by atoms with Crippen molar-refractivity contribution in [2.75, 3.05) is 10.6 Å². The van der Waals surface area contributed by atoms with Gasteiger partial charge >= 0.3 is 0 Å². The molecule has 0 aliphatic heterocycles. The van der Waals surface area contributed by atoms with Gasteiger partial charge < -0.3 is 10.6 Å². The molecule has 0 saturated carbocycles. The van der Waals surface area contributed by atoms with Crippen LogP contribution in [0.15, 0.2) is 51.4 Å². The van der Waals surface area contributed by atoms with Crippen molar-refractivity contribution in [2.24, 2.45) is 0 Å². The van der Waals surface area contributed by atoms with E-state index in [0.717, 1.165) is 26.7 Å². The quantitative estimate of drug-likeness (QED) is 0.432. The van der Waals surface area contributed by atoms with Crippen LogP contribution in [-0.2, 0) is 6.42 Å². The van der Waals surface area contributed by atoms with Gasteiger partial charge in [-0.3, -0.25) is 5.41 Å². The second-order valence-electron chi connectivity index (χ2n) is 4.30. The number of nitrogens with one attached hydrogen (secondary N) is 3. The van der Waals surface area contributed by atoms with Crippen molar-refractivity contribution >= 4 is 61.6 Å². The van der Waals surface area contributed by atoms with E-state index >= 15 is 0 Å².